The van der Waals surface area contributed by atoms with E-state index in [9.17, 15) is 18.3 Å². The van der Waals surface area contributed by atoms with Crippen molar-refractivity contribution >= 4 is 44.6 Å². The molecule has 1 unspecified atom stereocenters. The van der Waals surface area contributed by atoms with Gasteiger partial charge in [0.25, 0.3) is 0 Å². The Balaban J connectivity index is 1.88. The van der Waals surface area contributed by atoms with Crippen LogP contribution in [0.25, 0.3) is 11.1 Å². The van der Waals surface area contributed by atoms with Gasteiger partial charge in [-0.25, -0.2) is 12.8 Å². The topological polar surface area (TPSA) is 101 Å². The normalized spacial score (nSPS) is 17.3. The number of nitrogens with two attached hydrogens (primary N) is 1. The summed E-state index contributed by atoms with van der Waals surface area (Å²) in [6.45, 7) is 3.31. The number of nitrogens with zero attached hydrogens (tertiary/aromatic N) is 2. The van der Waals surface area contributed by atoms with Crippen molar-refractivity contribution in [3.05, 3.63) is 93.5 Å². The second-order valence-corrected chi connectivity index (χ2v) is 13.3. The maximum atomic E-state index is 15.2. The predicted molar refractivity (Wildman–Crippen MR) is 152 cm³/mol. The van der Waals surface area contributed by atoms with Crippen molar-refractivity contribution in [1.29, 1.82) is 0 Å². The van der Waals surface area contributed by atoms with Crippen LogP contribution in [0.15, 0.2) is 71.4 Å². The van der Waals surface area contributed by atoms with Crippen molar-refractivity contribution in [2.24, 2.45) is 5.73 Å². The molecule has 4 rings (SSSR count). The largest absolute Gasteiger partial charge is 0.380 e. The first-order chi connectivity index (χ1) is 17.9. The van der Waals surface area contributed by atoms with Crippen LogP contribution in [-0.4, -0.2) is 49.9 Å². The summed E-state index contributed by atoms with van der Waals surface area (Å²) in [7, 11) is -0.0358. The molecular formula is C28H29Cl2FN3O4S+. The van der Waals surface area contributed by atoms with Crippen molar-refractivity contribution in [2.75, 3.05) is 25.3 Å². The van der Waals surface area contributed by atoms with Gasteiger partial charge in [0.15, 0.2) is 15.5 Å². The van der Waals surface area contributed by atoms with E-state index < -0.39 is 33.3 Å². The third-order valence-electron chi connectivity index (χ3n) is 6.85. The minimum Gasteiger partial charge on any atom is -0.380 e. The number of anilines is 1. The van der Waals surface area contributed by atoms with Crippen LogP contribution >= 0.6 is 23.2 Å². The summed E-state index contributed by atoms with van der Waals surface area (Å²) < 4.78 is 40.0. The summed E-state index contributed by atoms with van der Waals surface area (Å²) in [5.41, 5.74) is 6.49. The molecule has 0 saturated heterocycles. The monoisotopic (exact) mass is 592 g/mol. The number of rotatable bonds is 6. The number of amides is 1. The number of halogens is 3. The lowest BCUT2D eigenvalue weighted by Gasteiger charge is -2.40. The Bertz CT molecular complexity index is 1610. The van der Waals surface area contributed by atoms with Crippen LogP contribution in [0.2, 0.25) is 10.0 Å². The van der Waals surface area contributed by atoms with Gasteiger partial charge in [-0.15, -0.1) is 0 Å². The standard InChI is InChI=1S/C28H28Cl2FN3O4S/c1-28(2,36)24-15-33(27(34(24,3)4)25-19(29)7-6-8-21(25)31)22-12-10-16(13-20(22)30)17-9-11-18(26(32)35)23(14-17)39(5,37)38/h6-15,27,36H,1-5H3,(H-,32,35)/p+1. The van der Waals surface area contributed by atoms with Crippen molar-refractivity contribution in [3.8, 4) is 11.1 Å². The number of hydrogen-bond acceptors (Lipinski definition) is 5. The molecule has 3 aromatic carbocycles. The van der Waals surface area contributed by atoms with E-state index in [-0.39, 0.29) is 30.6 Å². The van der Waals surface area contributed by atoms with E-state index in [0.29, 0.717) is 22.5 Å². The summed E-state index contributed by atoms with van der Waals surface area (Å²) in [5, 5.41) is 11.5. The lowest BCUT2D eigenvalue weighted by molar-refractivity contribution is -0.882. The number of carbonyl (C=O) groups is 1. The van der Waals surface area contributed by atoms with Crippen LogP contribution in [0.3, 0.4) is 0 Å². The molecule has 0 radical (unpaired) electrons. The first-order valence-electron chi connectivity index (χ1n) is 11.9. The highest BCUT2D eigenvalue weighted by atomic mass is 35.5. The lowest BCUT2D eigenvalue weighted by atomic mass is 10.0. The molecule has 3 aromatic rings. The number of primary amides is 1. The highest BCUT2D eigenvalue weighted by Gasteiger charge is 2.51. The molecule has 206 valence electrons. The SMILES string of the molecule is CC(C)(O)C1=CN(c2ccc(-c3ccc(C(N)=O)c(S(C)(=O)=O)c3)cc2Cl)C(c2c(F)cccc2Cl)[N+]1(C)C. The maximum absolute atomic E-state index is 15.2. The molecule has 3 N–H and O–H groups in total. The average Bonchev–Trinajstić information content (AvgIpc) is 3.09. The molecule has 0 aromatic heterocycles. The molecule has 1 aliphatic heterocycles. The Hall–Kier alpha value is -2.95. The van der Waals surface area contributed by atoms with Gasteiger partial charge in [0.1, 0.15) is 11.4 Å². The first kappa shape index (κ1) is 29.0. The van der Waals surface area contributed by atoms with Crippen LogP contribution < -0.4 is 10.6 Å². The van der Waals surface area contributed by atoms with Gasteiger partial charge in [0.2, 0.25) is 12.1 Å². The number of hydrogen-bond donors (Lipinski definition) is 2. The van der Waals surface area contributed by atoms with Gasteiger partial charge in [-0.2, -0.15) is 0 Å². The molecule has 1 heterocycles. The molecule has 0 aliphatic carbocycles. The Labute approximate surface area is 237 Å². The zero-order valence-corrected chi connectivity index (χ0v) is 24.4. The lowest BCUT2D eigenvalue weighted by Crippen LogP contribution is -2.48. The van der Waals surface area contributed by atoms with Gasteiger partial charge in [0.05, 0.1) is 52.1 Å². The minimum atomic E-state index is -3.74. The zero-order valence-electron chi connectivity index (χ0n) is 22.0. The number of sulfone groups is 1. The molecule has 1 atom stereocenters. The van der Waals surface area contributed by atoms with Gasteiger partial charge < -0.3 is 10.8 Å². The van der Waals surface area contributed by atoms with Crippen molar-refractivity contribution in [1.82, 2.24) is 0 Å². The summed E-state index contributed by atoms with van der Waals surface area (Å²) >= 11 is 13.3. The highest BCUT2D eigenvalue weighted by molar-refractivity contribution is 7.90. The van der Waals surface area contributed by atoms with Crippen molar-refractivity contribution in [3.63, 3.8) is 0 Å². The van der Waals surface area contributed by atoms with Crippen molar-refractivity contribution in [2.45, 2.75) is 30.5 Å². The summed E-state index contributed by atoms with van der Waals surface area (Å²) in [6.07, 6.45) is 2.05. The smallest absolute Gasteiger partial charge is 0.250 e. The van der Waals surface area contributed by atoms with E-state index >= 15 is 4.39 Å². The Morgan fingerprint density at radius 1 is 1.05 bits per heavy atom. The van der Waals surface area contributed by atoms with E-state index in [1.54, 1.807) is 55.3 Å². The molecule has 0 spiro atoms. The maximum Gasteiger partial charge on any atom is 0.250 e. The summed E-state index contributed by atoms with van der Waals surface area (Å²) in [4.78, 5) is 13.4. The second kappa shape index (κ2) is 9.91. The Kier molecular flexibility index (Phi) is 7.38. The number of benzene rings is 3. The molecule has 0 fully saturated rings. The fraction of sp³-hybridized carbons (Fsp3) is 0.250. The van der Waals surface area contributed by atoms with E-state index in [1.165, 1.54) is 24.3 Å². The van der Waals surface area contributed by atoms with Crippen LogP contribution in [0.4, 0.5) is 10.1 Å². The summed E-state index contributed by atoms with van der Waals surface area (Å²) in [6, 6.07) is 13.9. The van der Waals surface area contributed by atoms with E-state index in [1.807, 2.05) is 14.1 Å². The second-order valence-electron chi connectivity index (χ2n) is 10.5. The molecular weight excluding hydrogens is 564 g/mol. The van der Waals surface area contributed by atoms with Gasteiger partial charge in [-0.3, -0.25) is 14.2 Å². The quantitative estimate of drug-likeness (QED) is 0.368. The molecule has 11 heteroatoms. The van der Waals surface area contributed by atoms with Crippen molar-refractivity contribution < 1.29 is 27.2 Å². The van der Waals surface area contributed by atoms with E-state index in [4.69, 9.17) is 28.9 Å². The minimum absolute atomic E-state index is 0.0779. The average molecular weight is 594 g/mol. The Morgan fingerprint density at radius 3 is 2.21 bits per heavy atom. The first-order valence-corrected chi connectivity index (χ1v) is 14.5. The van der Waals surface area contributed by atoms with Gasteiger partial charge in [-0.1, -0.05) is 41.4 Å². The fourth-order valence-corrected chi connectivity index (χ4v) is 6.63. The number of carbonyl (C=O) groups excluding carboxylic acids is 1. The Morgan fingerprint density at radius 2 is 1.67 bits per heavy atom. The van der Waals surface area contributed by atoms with Gasteiger partial charge in [-0.05, 0) is 61.4 Å². The van der Waals surface area contributed by atoms with E-state index in [0.717, 1.165) is 6.26 Å². The fourth-order valence-electron chi connectivity index (χ4n) is 5.19. The highest BCUT2D eigenvalue weighted by Crippen LogP contribution is 2.49. The van der Waals surface area contributed by atoms with Gasteiger partial charge >= 0.3 is 0 Å². The predicted octanol–water partition coefficient (Wildman–Crippen LogP) is 5.51. The van der Waals surface area contributed by atoms with Crippen LogP contribution in [0, 0.1) is 5.82 Å². The number of likely N-dealkylation sites (N-methyl/N-ethyl adjacent to an activating group) is 1. The molecule has 1 aliphatic rings. The third kappa shape index (κ3) is 5.29. The van der Waals surface area contributed by atoms with Crippen LogP contribution in [0.5, 0.6) is 0 Å². The third-order valence-corrected chi connectivity index (χ3v) is 8.62. The molecule has 0 bridgehead atoms. The van der Waals surface area contributed by atoms with Crippen LogP contribution in [0.1, 0.15) is 35.9 Å². The zero-order chi connectivity index (χ0) is 29.1. The number of quaternary nitrogens is 1. The summed E-state index contributed by atoms with van der Waals surface area (Å²) in [5.74, 6) is -1.35. The molecule has 7 nitrogen and oxygen atoms in total. The van der Waals surface area contributed by atoms with Crippen LogP contribution in [-0.2, 0) is 9.84 Å². The van der Waals surface area contributed by atoms with E-state index in [2.05, 4.69) is 0 Å². The van der Waals surface area contributed by atoms with Gasteiger partial charge in [0, 0.05) is 6.26 Å². The molecule has 1 amide bonds. The number of aliphatic hydroxyl groups is 1. The molecule has 39 heavy (non-hydrogen) atoms. The molecule has 0 saturated carbocycles.